The number of carbonyl (C=O) groups is 1. The first-order chi connectivity index (χ1) is 10.6. The number of benzene rings is 1. The second-order valence-corrected chi connectivity index (χ2v) is 6.12. The molecular formula is C16H21N3O2S. The zero-order chi connectivity index (χ0) is 15.9. The summed E-state index contributed by atoms with van der Waals surface area (Å²) in [5, 5.41) is 8.50. The summed E-state index contributed by atoms with van der Waals surface area (Å²) in [5.41, 5.74) is 0.952. The van der Waals surface area contributed by atoms with Gasteiger partial charge in [0.2, 0.25) is 0 Å². The van der Waals surface area contributed by atoms with E-state index in [0.29, 0.717) is 6.54 Å². The maximum absolute atomic E-state index is 12.0. The van der Waals surface area contributed by atoms with Crippen LogP contribution in [-0.4, -0.2) is 17.1 Å². The Kier molecular flexibility index (Phi) is 5.77. The van der Waals surface area contributed by atoms with E-state index in [4.69, 9.17) is 4.74 Å². The first-order valence-corrected chi connectivity index (χ1v) is 8.12. The molecule has 6 heteroatoms. The molecule has 0 unspecified atom stereocenters. The van der Waals surface area contributed by atoms with Crippen LogP contribution in [0.2, 0.25) is 0 Å². The van der Waals surface area contributed by atoms with Crippen LogP contribution in [0.15, 0.2) is 35.8 Å². The molecule has 118 valence electrons. The summed E-state index contributed by atoms with van der Waals surface area (Å²) in [7, 11) is 0. The number of carbonyl (C=O) groups excluding carboxylic acids is 1. The fraction of sp³-hybridized carbons (Fsp3) is 0.375. The van der Waals surface area contributed by atoms with Crippen LogP contribution >= 0.6 is 11.3 Å². The Morgan fingerprint density at radius 3 is 2.77 bits per heavy atom. The van der Waals surface area contributed by atoms with Gasteiger partial charge in [0.1, 0.15) is 10.8 Å². The molecule has 1 heterocycles. The smallest absolute Gasteiger partial charge is 0.315 e. The summed E-state index contributed by atoms with van der Waals surface area (Å²) in [5.74, 6) is 0.797. The Bertz CT molecular complexity index is 599. The van der Waals surface area contributed by atoms with Crippen molar-refractivity contribution < 1.29 is 9.53 Å². The molecule has 2 rings (SSSR count). The fourth-order valence-electron chi connectivity index (χ4n) is 1.95. The van der Waals surface area contributed by atoms with E-state index in [1.807, 2.05) is 50.4 Å². The predicted molar refractivity (Wildman–Crippen MR) is 88.1 cm³/mol. The number of amides is 2. The van der Waals surface area contributed by atoms with Crippen molar-refractivity contribution in [3.8, 4) is 5.75 Å². The average molecular weight is 319 g/mol. The average Bonchev–Trinajstić information content (AvgIpc) is 3.00. The number of ether oxygens (including phenoxy) is 1. The van der Waals surface area contributed by atoms with Gasteiger partial charge in [-0.2, -0.15) is 0 Å². The molecule has 22 heavy (non-hydrogen) atoms. The second-order valence-electron chi connectivity index (χ2n) is 5.19. The molecular weight excluding hydrogens is 298 g/mol. The lowest BCUT2D eigenvalue weighted by Crippen LogP contribution is -2.36. The van der Waals surface area contributed by atoms with Gasteiger partial charge in [0, 0.05) is 23.7 Å². The largest absolute Gasteiger partial charge is 0.491 e. The van der Waals surface area contributed by atoms with Crippen LogP contribution in [0, 0.1) is 0 Å². The Morgan fingerprint density at radius 1 is 1.32 bits per heavy atom. The molecule has 0 aliphatic carbocycles. The molecule has 0 saturated heterocycles. The summed E-state index contributed by atoms with van der Waals surface area (Å²) < 4.78 is 5.74. The Balaban J connectivity index is 1.88. The van der Waals surface area contributed by atoms with E-state index in [1.54, 1.807) is 6.20 Å². The predicted octanol–water partition coefficient (Wildman–Crippen LogP) is 3.49. The SMILES string of the molecule is CC(C)Oc1ccccc1CNC(=O)N[C@H](C)c1nccs1. The number of nitrogens with one attached hydrogen (secondary N) is 2. The van der Waals surface area contributed by atoms with Gasteiger partial charge >= 0.3 is 6.03 Å². The Labute approximate surface area is 134 Å². The molecule has 2 amide bonds. The maximum Gasteiger partial charge on any atom is 0.315 e. The number of para-hydroxylation sites is 1. The van der Waals surface area contributed by atoms with Crippen molar-refractivity contribution in [2.24, 2.45) is 0 Å². The lowest BCUT2D eigenvalue weighted by atomic mass is 10.2. The highest BCUT2D eigenvalue weighted by atomic mass is 32.1. The molecule has 1 aromatic heterocycles. The molecule has 0 aliphatic rings. The fourth-order valence-corrected chi connectivity index (χ4v) is 2.60. The lowest BCUT2D eigenvalue weighted by molar-refractivity contribution is 0.234. The minimum Gasteiger partial charge on any atom is -0.491 e. The van der Waals surface area contributed by atoms with Crippen molar-refractivity contribution in [1.82, 2.24) is 15.6 Å². The van der Waals surface area contributed by atoms with Crippen molar-refractivity contribution in [3.63, 3.8) is 0 Å². The van der Waals surface area contributed by atoms with Crippen LogP contribution < -0.4 is 15.4 Å². The van der Waals surface area contributed by atoms with Crippen molar-refractivity contribution >= 4 is 17.4 Å². The van der Waals surface area contributed by atoms with Gasteiger partial charge in [-0.1, -0.05) is 18.2 Å². The van der Waals surface area contributed by atoms with Gasteiger partial charge in [-0.3, -0.25) is 0 Å². The van der Waals surface area contributed by atoms with Crippen LogP contribution in [0.4, 0.5) is 4.79 Å². The number of hydrogen-bond donors (Lipinski definition) is 2. The zero-order valence-corrected chi connectivity index (χ0v) is 13.8. The number of nitrogens with zero attached hydrogens (tertiary/aromatic N) is 1. The van der Waals surface area contributed by atoms with Crippen molar-refractivity contribution in [3.05, 3.63) is 46.4 Å². The molecule has 1 atom stereocenters. The number of rotatable bonds is 6. The molecule has 0 saturated carbocycles. The zero-order valence-electron chi connectivity index (χ0n) is 13.0. The van der Waals surface area contributed by atoms with Crippen LogP contribution in [0.25, 0.3) is 0 Å². The number of aromatic nitrogens is 1. The molecule has 0 bridgehead atoms. The van der Waals surface area contributed by atoms with Gasteiger partial charge in [-0.15, -0.1) is 11.3 Å². The van der Waals surface area contributed by atoms with Crippen molar-refractivity contribution in [2.75, 3.05) is 0 Å². The summed E-state index contributed by atoms with van der Waals surface area (Å²) in [4.78, 5) is 16.2. The van der Waals surface area contributed by atoms with Crippen LogP contribution in [0.1, 0.15) is 37.4 Å². The van der Waals surface area contributed by atoms with Gasteiger partial charge in [0.25, 0.3) is 0 Å². The molecule has 1 aromatic carbocycles. The van der Waals surface area contributed by atoms with E-state index in [2.05, 4.69) is 15.6 Å². The van der Waals surface area contributed by atoms with Gasteiger partial charge in [0.15, 0.2) is 0 Å². The van der Waals surface area contributed by atoms with Crippen LogP contribution in [0.3, 0.4) is 0 Å². The van der Waals surface area contributed by atoms with Gasteiger partial charge in [-0.05, 0) is 26.8 Å². The quantitative estimate of drug-likeness (QED) is 0.856. The van der Waals surface area contributed by atoms with E-state index < -0.39 is 0 Å². The number of urea groups is 1. The first kappa shape index (κ1) is 16.3. The van der Waals surface area contributed by atoms with Gasteiger partial charge < -0.3 is 15.4 Å². The highest BCUT2D eigenvalue weighted by Crippen LogP contribution is 2.19. The van der Waals surface area contributed by atoms with Crippen LogP contribution in [-0.2, 0) is 6.54 Å². The third-order valence-corrected chi connectivity index (χ3v) is 3.90. The highest BCUT2D eigenvalue weighted by Gasteiger charge is 2.12. The van der Waals surface area contributed by atoms with E-state index in [-0.39, 0.29) is 18.2 Å². The normalized spacial score (nSPS) is 12.0. The summed E-state index contributed by atoms with van der Waals surface area (Å²) in [6, 6.07) is 7.38. The van der Waals surface area contributed by atoms with E-state index in [1.165, 1.54) is 11.3 Å². The molecule has 0 spiro atoms. The summed E-state index contributed by atoms with van der Waals surface area (Å²) >= 11 is 1.52. The first-order valence-electron chi connectivity index (χ1n) is 7.24. The minimum absolute atomic E-state index is 0.0971. The summed E-state index contributed by atoms with van der Waals surface area (Å²) in [6.07, 6.45) is 1.83. The standard InChI is InChI=1S/C16H21N3O2S/c1-11(2)21-14-7-5-4-6-13(14)10-18-16(20)19-12(3)15-17-8-9-22-15/h4-9,11-12H,10H2,1-3H3,(H2,18,19,20)/t12-/m1/s1. The van der Waals surface area contributed by atoms with E-state index in [0.717, 1.165) is 16.3 Å². The number of hydrogen-bond acceptors (Lipinski definition) is 4. The Hall–Kier alpha value is -2.08. The molecule has 2 N–H and O–H groups in total. The molecule has 0 fully saturated rings. The van der Waals surface area contributed by atoms with E-state index in [9.17, 15) is 4.79 Å². The molecule has 0 radical (unpaired) electrons. The van der Waals surface area contributed by atoms with E-state index >= 15 is 0 Å². The van der Waals surface area contributed by atoms with Crippen molar-refractivity contribution in [2.45, 2.75) is 39.5 Å². The summed E-state index contributed by atoms with van der Waals surface area (Å²) in [6.45, 7) is 6.28. The topological polar surface area (TPSA) is 63.2 Å². The molecule has 0 aliphatic heterocycles. The highest BCUT2D eigenvalue weighted by molar-refractivity contribution is 7.09. The van der Waals surface area contributed by atoms with Crippen LogP contribution in [0.5, 0.6) is 5.75 Å². The van der Waals surface area contributed by atoms with Gasteiger partial charge in [0.05, 0.1) is 12.1 Å². The third kappa shape index (κ3) is 4.73. The third-order valence-electron chi connectivity index (χ3n) is 2.94. The minimum atomic E-state index is -0.220. The van der Waals surface area contributed by atoms with Crippen molar-refractivity contribution in [1.29, 1.82) is 0 Å². The second kappa shape index (κ2) is 7.79. The molecule has 2 aromatic rings. The lowest BCUT2D eigenvalue weighted by Gasteiger charge is -2.16. The monoisotopic (exact) mass is 319 g/mol. The maximum atomic E-state index is 12.0. The number of thiazole rings is 1. The van der Waals surface area contributed by atoms with Gasteiger partial charge in [-0.25, -0.2) is 9.78 Å². The Morgan fingerprint density at radius 2 is 2.09 bits per heavy atom. The molecule has 5 nitrogen and oxygen atoms in total.